The summed E-state index contributed by atoms with van der Waals surface area (Å²) in [5.41, 5.74) is 1.47. The van der Waals surface area contributed by atoms with E-state index in [2.05, 4.69) is 10.6 Å². The normalized spacial score (nSPS) is 18.7. The van der Waals surface area contributed by atoms with E-state index in [1.165, 1.54) is 12.1 Å². The molecule has 0 aliphatic carbocycles. The maximum Gasteiger partial charge on any atom is 0.410 e. The second-order valence-electron chi connectivity index (χ2n) is 12.6. The standard InChI is InChI=1S/C32H42N4O8S/c1-21-7-13-25(14-8-21)45(42,43)36-17-5-6-27(36)29(38)34-26(30(39)40)20-22-9-11-24(12-10-22)33-28(37)23-15-18-35(19-16-23)31(41)44-32(2,3)4/h7-14,23,26-27H,5-6,15-20H2,1-4H3,(H,33,37)(H,34,38)(H,39,40)/t26-,27-/m0/s1. The number of anilines is 1. The molecule has 12 nitrogen and oxygen atoms in total. The van der Waals surface area contributed by atoms with E-state index < -0.39 is 39.6 Å². The number of piperidine rings is 1. The van der Waals surface area contributed by atoms with E-state index in [1.54, 1.807) is 62.1 Å². The minimum atomic E-state index is -3.93. The number of ether oxygens (including phenoxy) is 1. The van der Waals surface area contributed by atoms with Gasteiger partial charge in [0.05, 0.1) is 4.90 Å². The number of nitrogens with one attached hydrogen (secondary N) is 2. The van der Waals surface area contributed by atoms with Gasteiger partial charge in [0.15, 0.2) is 0 Å². The summed E-state index contributed by atoms with van der Waals surface area (Å²) in [6.07, 6.45) is 1.37. The molecule has 0 radical (unpaired) electrons. The summed E-state index contributed by atoms with van der Waals surface area (Å²) in [5.74, 6) is -2.33. The number of hydrogen-bond donors (Lipinski definition) is 3. The highest BCUT2D eigenvalue weighted by atomic mass is 32.2. The van der Waals surface area contributed by atoms with Gasteiger partial charge in [0, 0.05) is 37.7 Å². The Morgan fingerprint density at radius 2 is 1.56 bits per heavy atom. The van der Waals surface area contributed by atoms with Crippen molar-refractivity contribution in [1.29, 1.82) is 0 Å². The summed E-state index contributed by atoms with van der Waals surface area (Å²) in [4.78, 5) is 52.1. The van der Waals surface area contributed by atoms with Gasteiger partial charge in [-0.05, 0) is 83.2 Å². The first kappa shape index (κ1) is 33.9. The van der Waals surface area contributed by atoms with E-state index in [4.69, 9.17) is 4.74 Å². The van der Waals surface area contributed by atoms with Gasteiger partial charge in [0.2, 0.25) is 21.8 Å². The molecule has 13 heteroatoms. The molecule has 2 atom stereocenters. The molecule has 3 amide bonds. The monoisotopic (exact) mass is 642 g/mol. The molecular weight excluding hydrogens is 600 g/mol. The van der Waals surface area contributed by atoms with Gasteiger partial charge in [-0.25, -0.2) is 18.0 Å². The van der Waals surface area contributed by atoms with Crippen LogP contribution in [0.15, 0.2) is 53.4 Å². The highest BCUT2D eigenvalue weighted by Gasteiger charge is 2.40. The van der Waals surface area contributed by atoms with Crippen molar-refractivity contribution in [3.05, 3.63) is 59.7 Å². The fraction of sp³-hybridized carbons (Fsp3) is 0.500. The molecule has 4 rings (SSSR count). The van der Waals surface area contributed by atoms with Gasteiger partial charge in [0.25, 0.3) is 0 Å². The molecule has 2 saturated heterocycles. The third-order valence-corrected chi connectivity index (χ3v) is 9.85. The van der Waals surface area contributed by atoms with Gasteiger partial charge < -0.3 is 25.4 Å². The maximum absolute atomic E-state index is 13.2. The highest BCUT2D eigenvalue weighted by molar-refractivity contribution is 7.89. The van der Waals surface area contributed by atoms with Crippen molar-refractivity contribution in [1.82, 2.24) is 14.5 Å². The first-order valence-corrected chi connectivity index (χ1v) is 16.6. The minimum absolute atomic E-state index is 0.0319. The van der Waals surface area contributed by atoms with Crippen molar-refractivity contribution in [3.8, 4) is 0 Å². The van der Waals surface area contributed by atoms with E-state index in [0.717, 1.165) is 9.87 Å². The number of sulfonamides is 1. The number of rotatable bonds is 9. The van der Waals surface area contributed by atoms with Gasteiger partial charge in [-0.2, -0.15) is 4.31 Å². The first-order chi connectivity index (χ1) is 21.1. The average Bonchev–Trinajstić information content (AvgIpc) is 3.49. The summed E-state index contributed by atoms with van der Waals surface area (Å²) < 4.78 is 33.0. The fourth-order valence-corrected chi connectivity index (χ4v) is 7.11. The Morgan fingerprint density at radius 3 is 2.13 bits per heavy atom. The predicted octanol–water partition coefficient (Wildman–Crippen LogP) is 3.55. The van der Waals surface area contributed by atoms with Crippen molar-refractivity contribution in [2.24, 2.45) is 5.92 Å². The number of aliphatic carboxylic acids is 1. The zero-order valence-electron chi connectivity index (χ0n) is 26.1. The third kappa shape index (κ3) is 8.82. The lowest BCUT2D eigenvalue weighted by molar-refractivity contribution is -0.142. The highest BCUT2D eigenvalue weighted by Crippen LogP contribution is 2.27. The van der Waals surface area contributed by atoms with Crippen LogP contribution >= 0.6 is 0 Å². The van der Waals surface area contributed by atoms with Crippen LogP contribution in [0.5, 0.6) is 0 Å². The molecule has 2 heterocycles. The third-order valence-electron chi connectivity index (χ3n) is 7.93. The van der Waals surface area contributed by atoms with Crippen molar-refractivity contribution in [3.63, 3.8) is 0 Å². The van der Waals surface area contributed by atoms with Crippen molar-refractivity contribution in [2.45, 2.75) is 82.4 Å². The van der Waals surface area contributed by atoms with Gasteiger partial charge in [-0.15, -0.1) is 0 Å². The van der Waals surface area contributed by atoms with Crippen LogP contribution in [-0.2, 0) is 35.6 Å². The largest absolute Gasteiger partial charge is 0.480 e. The Balaban J connectivity index is 1.31. The molecule has 2 aromatic carbocycles. The van der Waals surface area contributed by atoms with Crippen LogP contribution in [0.1, 0.15) is 57.6 Å². The number of hydrogen-bond acceptors (Lipinski definition) is 7. The molecule has 2 fully saturated rings. The second kappa shape index (κ2) is 14.0. The number of carbonyl (C=O) groups excluding carboxylic acids is 3. The predicted molar refractivity (Wildman–Crippen MR) is 167 cm³/mol. The van der Waals surface area contributed by atoms with E-state index in [0.29, 0.717) is 43.6 Å². The summed E-state index contributed by atoms with van der Waals surface area (Å²) in [7, 11) is -3.93. The second-order valence-corrected chi connectivity index (χ2v) is 14.5. The average molecular weight is 643 g/mol. The van der Waals surface area contributed by atoms with Crippen LogP contribution < -0.4 is 10.6 Å². The number of nitrogens with zero attached hydrogens (tertiary/aromatic N) is 2. The van der Waals surface area contributed by atoms with Crippen molar-refractivity contribution in [2.75, 3.05) is 25.0 Å². The fourth-order valence-electron chi connectivity index (χ4n) is 5.46. The van der Waals surface area contributed by atoms with Crippen LogP contribution in [0.3, 0.4) is 0 Å². The van der Waals surface area contributed by atoms with E-state index >= 15 is 0 Å². The van der Waals surface area contributed by atoms with Gasteiger partial charge in [-0.3, -0.25) is 9.59 Å². The van der Waals surface area contributed by atoms with Crippen LogP contribution in [-0.4, -0.2) is 83.9 Å². The van der Waals surface area contributed by atoms with Gasteiger partial charge in [0.1, 0.15) is 17.7 Å². The number of amides is 3. The molecule has 244 valence electrons. The Hall–Kier alpha value is -3.97. The molecule has 3 N–H and O–H groups in total. The van der Waals surface area contributed by atoms with Gasteiger partial charge >= 0.3 is 12.1 Å². The van der Waals surface area contributed by atoms with Crippen molar-refractivity contribution >= 4 is 39.6 Å². The van der Waals surface area contributed by atoms with E-state index in [-0.39, 0.29) is 42.2 Å². The number of aryl methyl sites for hydroxylation is 1. The molecule has 0 bridgehead atoms. The summed E-state index contributed by atoms with van der Waals surface area (Å²) in [6.45, 7) is 8.28. The molecule has 2 aliphatic heterocycles. The molecule has 0 spiro atoms. The maximum atomic E-state index is 13.2. The minimum Gasteiger partial charge on any atom is -0.480 e. The molecule has 0 aromatic heterocycles. The lowest BCUT2D eigenvalue weighted by atomic mass is 9.96. The van der Waals surface area contributed by atoms with Crippen LogP contribution in [0, 0.1) is 12.8 Å². The lowest BCUT2D eigenvalue weighted by Crippen LogP contribution is -2.51. The zero-order chi connectivity index (χ0) is 32.9. The summed E-state index contributed by atoms with van der Waals surface area (Å²) in [6, 6.07) is 10.8. The number of carboxylic acids is 1. The summed E-state index contributed by atoms with van der Waals surface area (Å²) in [5, 5.41) is 15.3. The molecule has 2 aliphatic rings. The Bertz CT molecular complexity index is 1500. The lowest BCUT2D eigenvalue weighted by Gasteiger charge is -2.32. The molecule has 0 unspecified atom stereocenters. The van der Waals surface area contributed by atoms with Crippen LogP contribution in [0.4, 0.5) is 10.5 Å². The van der Waals surface area contributed by atoms with Crippen molar-refractivity contribution < 1.29 is 37.4 Å². The molecule has 0 saturated carbocycles. The van der Waals surface area contributed by atoms with E-state index in [9.17, 15) is 32.7 Å². The van der Waals surface area contributed by atoms with Gasteiger partial charge in [-0.1, -0.05) is 29.8 Å². The smallest absolute Gasteiger partial charge is 0.410 e. The molecule has 2 aromatic rings. The van der Waals surface area contributed by atoms with E-state index in [1.807, 2.05) is 6.92 Å². The zero-order valence-corrected chi connectivity index (χ0v) is 26.9. The Morgan fingerprint density at radius 1 is 0.933 bits per heavy atom. The topological polar surface area (TPSA) is 162 Å². The Labute approximate surface area is 264 Å². The molecule has 45 heavy (non-hydrogen) atoms. The SMILES string of the molecule is Cc1ccc(S(=O)(=O)N2CCC[C@H]2C(=O)N[C@@H](Cc2ccc(NC(=O)C3CCN(C(=O)OC(C)(C)C)CC3)cc2)C(=O)O)cc1. The quantitative estimate of drug-likeness (QED) is 0.374. The number of carbonyl (C=O) groups is 4. The summed E-state index contributed by atoms with van der Waals surface area (Å²) >= 11 is 0. The van der Waals surface area contributed by atoms with Crippen LogP contribution in [0.2, 0.25) is 0 Å². The number of benzene rings is 2. The Kier molecular flexibility index (Phi) is 10.5. The first-order valence-electron chi connectivity index (χ1n) is 15.1. The number of likely N-dealkylation sites (tertiary alicyclic amines) is 1. The number of carboxylic acid groups (broad SMARTS) is 1. The molecular formula is C32H42N4O8S. The van der Waals surface area contributed by atoms with Crippen LogP contribution in [0.25, 0.3) is 0 Å².